The molecular weight excluding hydrogens is 304 g/mol. The molecule has 4 nitrogen and oxygen atoms in total. The van der Waals surface area contributed by atoms with Gasteiger partial charge in [-0.15, -0.1) is 0 Å². The summed E-state index contributed by atoms with van der Waals surface area (Å²) in [5.74, 6) is 4.57. The zero-order valence-corrected chi connectivity index (χ0v) is 12.9. The van der Waals surface area contributed by atoms with Gasteiger partial charge in [0.1, 0.15) is 22.4 Å². The van der Waals surface area contributed by atoms with Crippen LogP contribution in [0.25, 0.3) is 0 Å². The summed E-state index contributed by atoms with van der Waals surface area (Å²) in [6, 6.07) is 0. The highest BCUT2D eigenvalue weighted by Gasteiger charge is 2.39. The zero-order chi connectivity index (χ0) is 13.2. The highest BCUT2D eigenvalue weighted by molar-refractivity contribution is 9.10. The number of halogens is 1. The highest BCUT2D eigenvalue weighted by Crippen LogP contribution is 2.48. The molecule has 1 heterocycles. The molecule has 0 aliphatic heterocycles. The van der Waals surface area contributed by atoms with E-state index in [1.54, 1.807) is 6.33 Å². The van der Waals surface area contributed by atoms with Crippen LogP contribution >= 0.6 is 15.9 Å². The van der Waals surface area contributed by atoms with Crippen molar-refractivity contribution in [3.8, 4) is 0 Å². The zero-order valence-electron chi connectivity index (χ0n) is 11.3. The Labute approximate surface area is 122 Å². The Morgan fingerprint density at radius 3 is 2.63 bits per heavy atom. The molecule has 3 atom stereocenters. The van der Waals surface area contributed by atoms with Gasteiger partial charge in [0.15, 0.2) is 0 Å². The average molecular weight is 325 g/mol. The molecule has 0 aromatic carbocycles. The van der Waals surface area contributed by atoms with Gasteiger partial charge in [-0.1, -0.05) is 6.42 Å². The van der Waals surface area contributed by atoms with Crippen molar-refractivity contribution in [3.63, 3.8) is 0 Å². The van der Waals surface area contributed by atoms with E-state index >= 15 is 0 Å². The number of hydrogen-bond donors (Lipinski definition) is 2. The molecule has 2 aliphatic rings. The topological polar surface area (TPSA) is 49.8 Å². The van der Waals surface area contributed by atoms with Gasteiger partial charge in [0.25, 0.3) is 0 Å². The summed E-state index contributed by atoms with van der Waals surface area (Å²) in [6.45, 7) is 3.97. The van der Waals surface area contributed by atoms with E-state index < -0.39 is 0 Å². The Kier molecular flexibility index (Phi) is 3.91. The second-order valence-corrected chi connectivity index (χ2v) is 6.52. The number of fused-ring (bicyclic) bond motifs is 2. The quantitative estimate of drug-likeness (QED) is 0.870. The third kappa shape index (κ3) is 2.71. The molecule has 5 heteroatoms. The molecule has 2 saturated carbocycles. The van der Waals surface area contributed by atoms with Gasteiger partial charge < -0.3 is 10.6 Å². The van der Waals surface area contributed by atoms with E-state index in [2.05, 4.69) is 43.5 Å². The van der Waals surface area contributed by atoms with E-state index in [4.69, 9.17) is 0 Å². The summed E-state index contributed by atoms with van der Waals surface area (Å²) in [7, 11) is 0. The van der Waals surface area contributed by atoms with Crippen molar-refractivity contribution < 1.29 is 0 Å². The molecule has 3 rings (SSSR count). The van der Waals surface area contributed by atoms with Crippen LogP contribution in [0.15, 0.2) is 10.8 Å². The lowest BCUT2D eigenvalue weighted by atomic mass is 9.89. The number of nitrogens with one attached hydrogen (secondary N) is 2. The van der Waals surface area contributed by atoms with Crippen LogP contribution in [0.2, 0.25) is 0 Å². The van der Waals surface area contributed by atoms with Crippen molar-refractivity contribution in [2.75, 3.05) is 23.7 Å². The van der Waals surface area contributed by atoms with E-state index in [0.717, 1.165) is 47.0 Å². The van der Waals surface area contributed by atoms with Crippen LogP contribution in [-0.4, -0.2) is 23.1 Å². The first kappa shape index (κ1) is 13.2. The number of aromatic nitrogens is 2. The Morgan fingerprint density at radius 2 is 2.00 bits per heavy atom. The second kappa shape index (κ2) is 5.65. The van der Waals surface area contributed by atoms with Crippen LogP contribution in [0, 0.1) is 17.8 Å². The van der Waals surface area contributed by atoms with Crippen molar-refractivity contribution in [2.45, 2.75) is 32.6 Å². The molecule has 0 radical (unpaired) electrons. The van der Waals surface area contributed by atoms with Crippen molar-refractivity contribution in [2.24, 2.45) is 17.8 Å². The normalized spacial score (nSPS) is 28.6. The maximum Gasteiger partial charge on any atom is 0.145 e. The Hall–Kier alpha value is -0.840. The molecule has 3 unspecified atom stereocenters. The number of nitrogens with zero attached hydrogens (tertiary/aromatic N) is 2. The lowest BCUT2D eigenvalue weighted by molar-refractivity contribution is 0.348. The fourth-order valence-corrected chi connectivity index (χ4v) is 4.12. The Bertz CT molecular complexity index is 451. The summed E-state index contributed by atoms with van der Waals surface area (Å²) < 4.78 is 0.944. The SMILES string of the molecule is CCNc1ncnc(NCC2CC3CCC2C3)c1Br. The van der Waals surface area contributed by atoms with Gasteiger partial charge >= 0.3 is 0 Å². The third-order valence-electron chi connectivity index (χ3n) is 4.55. The molecule has 104 valence electrons. The smallest absolute Gasteiger partial charge is 0.145 e. The molecule has 2 fully saturated rings. The fourth-order valence-electron chi connectivity index (χ4n) is 3.64. The lowest BCUT2D eigenvalue weighted by Crippen LogP contribution is -2.21. The maximum absolute atomic E-state index is 4.34. The predicted molar refractivity (Wildman–Crippen MR) is 81.3 cm³/mol. The third-order valence-corrected chi connectivity index (χ3v) is 5.30. The minimum absolute atomic E-state index is 0.836. The summed E-state index contributed by atoms with van der Waals surface area (Å²) in [5.41, 5.74) is 0. The molecule has 0 saturated heterocycles. The first-order valence-corrected chi connectivity index (χ1v) is 8.05. The largest absolute Gasteiger partial charge is 0.369 e. The highest BCUT2D eigenvalue weighted by atomic mass is 79.9. The number of rotatable bonds is 5. The maximum atomic E-state index is 4.34. The van der Waals surface area contributed by atoms with Crippen LogP contribution in [0.4, 0.5) is 11.6 Å². The predicted octanol–water partition coefficient (Wildman–Crippen LogP) is 3.52. The van der Waals surface area contributed by atoms with Crippen LogP contribution in [0.3, 0.4) is 0 Å². The van der Waals surface area contributed by atoms with E-state index in [1.807, 2.05) is 0 Å². The van der Waals surface area contributed by atoms with Gasteiger partial charge in [0, 0.05) is 13.1 Å². The van der Waals surface area contributed by atoms with Crippen LogP contribution in [0.1, 0.15) is 32.6 Å². The van der Waals surface area contributed by atoms with Crippen molar-refractivity contribution in [3.05, 3.63) is 10.8 Å². The summed E-state index contributed by atoms with van der Waals surface area (Å²) >= 11 is 3.58. The molecule has 0 amide bonds. The van der Waals surface area contributed by atoms with Crippen molar-refractivity contribution in [1.29, 1.82) is 0 Å². The van der Waals surface area contributed by atoms with Crippen molar-refractivity contribution in [1.82, 2.24) is 9.97 Å². The standard InChI is InChI=1S/C14H21BrN4/c1-2-16-13-12(15)14(19-8-18-13)17-7-11-6-9-3-4-10(11)5-9/h8-11H,2-7H2,1H3,(H2,16,17,18,19). The van der Waals surface area contributed by atoms with E-state index in [1.165, 1.54) is 25.7 Å². The molecule has 0 spiro atoms. The first-order valence-electron chi connectivity index (χ1n) is 7.26. The number of hydrogen-bond acceptors (Lipinski definition) is 4. The minimum atomic E-state index is 0.836. The van der Waals surface area contributed by atoms with Gasteiger partial charge in [0.05, 0.1) is 0 Å². The average Bonchev–Trinajstić information content (AvgIpc) is 3.02. The summed E-state index contributed by atoms with van der Waals surface area (Å²) in [4.78, 5) is 8.57. The molecule has 2 N–H and O–H groups in total. The molecule has 2 aliphatic carbocycles. The van der Waals surface area contributed by atoms with Gasteiger partial charge in [-0.3, -0.25) is 0 Å². The Morgan fingerprint density at radius 1 is 1.21 bits per heavy atom. The minimum Gasteiger partial charge on any atom is -0.369 e. The van der Waals surface area contributed by atoms with E-state index in [-0.39, 0.29) is 0 Å². The summed E-state index contributed by atoms with van der Waals surface area (Å²) in [5, 5.41) is 6.73. The van der Waals surface area contributed by atoms with Crippen LogP contribution in [-0.2, 0) is 0 Å². The lowest BCUT2D eigenvalue weighted by Gasteiger charge is -2.22. The second-order valence-electron chi connectivity index (χ2n) is 5.73. The monoisotopic (exact) mass is 324 g/mol. The van der Waals surface area contributed by atoms with Gasteiger partial charge in [-0.25, -0.2) is 9.97 Å². The van der Waals surface area contributed by atoms with Crippen molar-refractivity contribution >= 4 is 27.6 Å². The molecular formula is C14H21BrN4. The van der Waals surface area contributed by atoms with Gasteiger partial charge in [-0.2, -0.15) is 0 Å². The first-order chi connectivity index (χ1) is 9.28. The van der Waals surface area contributed by atoms with Crippen LogP contribution in [0.5, 0.6) is 0 Å². The Balaban J connectivity index is 1.62. The number of anilines is 2. The summed E-state index contributed by atoms with van der Waals surface area (Å²) in [6.07, 6.45) is 7.37. The molecule has 1 aromatic rings. The fraction of sp³-hybridized carbons (Fsp3) is 0.714. The van der Waals surface area contributed by atoms with E-state index in [0.29, 0.717) is 0 Å². The molecule has 2 bridgehead atoms. The van der Waals surface area contributed by atoms with Gasteiger partial charge in [-0.05, 0) is 59.9 Å². The molecule has 1 aromatic heterocycles. The van der Waals surface area contributed by atoms with Gasteiger partial charge in [0.2, 0.25) is 0 Å². The van der Waals surface area contributed by atoms with Crippen LogP contribution < -0.4 is 10.6 Å². The molecule has 19 heavy (non-hydrogen) atoms. The van der Waals surface area contributed by atoms with E-state index in [9.17, 15) is 0 Å².